The first-order valence-corrected chi connectivity index (χ1v) is 9.10. The summed E-state index contributed by atoms with van der Waals surface area (Å²) in [4.78, 5) is 29.1. The van der Waals surface area contributed by atoms with Gasteiger partial charge < -0.3 is 4.74 Å². The molecule has 0 atom stereocenters. The van der Waals surface area contributed by atoms with Gasteiger partial charge in [0.15, 0.2) is 11.2 Å². The van der Waals surface area contributed by atoms with Gasteiger partial charge in [-0.3, -0.25) is 14.2 Å². The Morgan fingerprint density at radius 3 is 2.52 bits per heavy atom. The van der Waals surface area contributed by atoms with Crippen LogP contribution in [0.3, 0.4) is 0 Å². The fraction of sp³-hybridized carbons (Fsp3) is 0.190. The van der Waals surface area contributed by atoms with Crippen molar-refractivity contribution in [2.24, 2.45) is 0 Å². The average molecular weight is 389 g/mol. The number of carbonyl (C=O) groups is 1. The number of carbonyl (C=O) groups excluding carboxylic acids is 1. The molecule has 0 aliphatic heterocycles. The maximum atomic E-state index is 12.7. The summed E-state index contributed by atoms with van der Waals surface area (Å²) < 4.78 is 7.93. The molecule has 0 bridgehead atoms. The lowest BCUT2D eigenvalue weighted by molar-refractivity contribution is -0.145. The number of nitrogens with zero attached hydrogens (tertiary/aromatic N) is 5. The van der Waals surface area contributed by atoms with Crippen molar-refractivity contribution in [1.82, 2.24) is 24.5 Å². The lowest BCUT2D eigenvalue weighted by Crippen LogP contribution is -2.26. The van der Waals surface area contributed by atoms with Crippen LogP contribution in [0.4, 0.5) is 0 Å². The Kier molecular flexibility index (Phi) is 4.90. The highest BCUT2D eigenvalue weighted by molar-refractivity contribution is 5.72. The smallest absolute Gasteiger partial charge is 0.326 e. The number of esters is 1. The van der Waals surface area contributed by atoms with Crippen LogP contribution in [0.25, 0.3) is 16.9 Å². The van der Waals surface area contributed by atoms with E-state index in [1.165, 1.54) is 15.6 Å². The second-order valence-electron chi connectivity index (χ2n) is 6.84. The Hall–Kier alpha value is -3.81. The lowest BCUT2D eigenvalue weighted by Gasteiger charge is -2.07. The number of fused-ring (bicyclic) bond motifs is 1. The minimum atomic E-state index is -0.529. The first-order valence-electron chi connectivity index (χ1n) is 9.10. The van der Waals surface area contributed by atoms with Crippen molar-refractivity contribution in [3.63, 3.8) is 0 Å². The zero-order valence-electron chi connectivity index (χ0n) is 16.1. The van der Waals surface area contributed by atoms with Gasteiger partial charge in [0.05, 0.1) is 5.69 Å². The van der Waals surface area contributed by atoms with Gasteiger partial charge in [-0.2, -0.15) is 4.68 Å². The van der Waals surface area contributed by atoms with Crippen LogP contribution in [0.15, 0.2) is 59.7 Å². The van der Waals surface area contributed by atoms with Crippen LogP contribution in [0.5, 0.6) is 0 Å². The molecule has 0 unspecified atom stereocenters. The van der Waals surface area contributed by atoms with Gasteiger partial charge in [-0.1, -0.05) is 41.6 Å². The Morgan fingerprint density at radius 2 is 1.79 bits per heavy atom. The molecule has 146 valence electrons. The molecular formula is C21H19N5O3. The third kappa shape index (κ3) is 3.91. The summed E-state index contributed by atoms with van der Waals surface area (Å²) in [6.07, 6.45) is 1.32. The third-order valence-electron chi connectivity index (χ3n) is 4.42. The summed E-state index contributed by atoms with van der Waals surface area (Å²) in [6.45, 7) is 3.87. The average Bonchev–Trinajstić information content (AvgIpc) is 3.13. The van der Waals surface area contributed by atoms with Crippen molar-refractivity contribution < 1.29 is 9.53 Å². The number of ether oxygens (including phenoxy) is 1. The number of rotatable bonds is 5. The van der Waals surface area contributed by atoms with Gasteiger partial charge in [-0.15, -0.1) is 5.10 Å². The van der Waals surface area contributed by atoms with Crippen molar-refractivity contribution >= 4 is 17.1 Å². The second-order valence-corrected chi connectivity index (χ2v) is 6.84. The Labute approximate surface area is 166 Å². The van der Waals surface area contributed by atoms with Crippen LogP contribution in [-0.2, 0) is 22.7 Å². The number of aromatic nitrogens is 5. The third-order valence-corrected chi connectivity index (χ3v) is 4.42. The Balaban J connectivity index is 1.57. The van der Waals surface area contributed by atoms with Gasteiger partial charge in [0, 0.05) is 0 Å². The zero-order chi connectivity index (χ0) is 20.4. The molecule has 0 spiro atoms. The van der Waals surface area contributed by atoms with Crippen molar-refractivity contribution in [3.05, 3.63) is 81.9 Å². The SMILES string of the molecule is Cc1cc(C)cc(-n2nnc3c(=O)n(CC(=O)OCc4ccccc4)cnc32)c1. The van der Waals surface area contributed by atoms with Gasteiger partial charge in [0.2, 0.25) is 0 Å². The molecule has 0 N–H and O–H groups in total. The van der Waals surface area contributed by atoms with Crippen molar-refractivity contribution in [3.8, 4) is 5.69 Å². The molecule has 2 heterocycles. The highest BCUT2D eigenvalue weighted by Crippen LogP contribution is 2.15. The van der Waals surface area contributed by atoms with E-state index in [0.717, 1.165) is 22.4 Å². The molecule has 4 aromatic rings. The maximum Gasteiger partial charge on any atom is 0.326 e. The summed E-state index contributed by atoms with van der Waals surface area (Å²) in [7, 11) is 0. The number of hydrogen-bond acceptors (Lipinski definition) is 6. The molecule has 0 saturated carbocycles. The lowest BCUT2D eigenvalue weighted by atomic mass is 10.1. The minimum Gasteiger partial charge on any atom is -0.459 e. The molecule has 4 rings (SSSR count). The van der Waals surface area contributed by atoms with Crippen molar-refractivity contribution in [2.75, 3.05) is 0 Å². The van der Waals surface area contributed by atoms with E-state index in [9.17, 15) is 9.59 Å². The van der Waals surface area contributed by atoms with Gasteiger partial charge in [-0.25, -0.2) is 4.98 Å². The van der Waals surface area contributed by atoms with E-state index in [0.29, 0.717) is 5.65 Å². The van der Waals surface area contributed by atoms with Crippen molar-refractivity contribution in [2.45, 2.75) is 27.0 Å². The molecule has 0 aliphatic rings. The summed E-state index contributed by atoms with van der Waals surface area (Å²) in [6, 6.07) is 15.3. The summed E-state index contributed by atoms with van der Waals surface area (Å²) in [5.41, 5.74) is 3.78. The van der Waals surface area contributed by atoms with Gasteiger partial charge in [0.1, 0.15) is 19.5 Å². The molecule has 8 heteroatoms. The van der Waals surface area contributed by atoms with Crippen molar-refractivity contribution in [1.29, 1.82) is 0 Å². The molecule has 2 aromatic carbocycles. The standard InChI is InChI=1S/C21H19N5O3/c1-14-8-15(2)10-17(9-14)26-20-19(23-24-26)21(28)25(13-22-20)11-18(27)29-12-16-6-4-3-5-7-16/h3-10,13H,11-12H2,1-2H3. The molecule has 0 amide bonds. The van der Waals surface area contributed by atoms with Crippen LogP contribution in [0, 0.1) is 13.8 Å². The summed E-state index contributed by atoms with van der Waals surface area (Å²) in [5.74, 6) is -0.529. The molecule has 0 fully saturated rings. The summed E-state index contributed by atoms with van der Waals surface area (Å²) >= 11 is 0. The zero-order valence-corrected chi connectivity index (χ0v) is 16.1. The predicted molar refractivity (Wildman–Crippen MR) is 107 cm³/mol. The van der Waals surface area contributed by atoms with Crippen LogP contribution in [0.2, 0.25) is 0 Å². The van der Waals surface area contributed by atoms with E-state index in [4.69, 9.17) is 4.74 Å². The molecular weight excluding hydrogens is 370 g/mol. The monoisotopic (exact) mass is 389 g/mol. The minimum absolute atomic E-state index is 0.0996. The van der Waals surface area contributed by atoms with E-state index in [2.05, 4.69) is 15.3 Å². The van der Waals surface area contributed by atoms with Gasteiger partial charge >= 0.3 is 5.97 Å². The Morgan fingerprint density at radius 1 is 1.07 bits per heavy atom. The molecule has 0 aliphatic carbocycles. The molecule has 29 heavy (non-hydrogen) atoms. The maximum absolute atomic E-state index is 12.7. The van der Waals surface area contributed by atoms with Gasteiger partial charge in [0.25, 0.3) is 5.56 Å². The van der Waals surface area contributed by atoms with Crippen LogP contribution in [-0.4, -0.2) is 30.5 Å². The predicted octanol–water partition coefficient (Wildman–Crippen LogP) is 2.34. The van der Waals surface area contributed by atoms with E-state index in [1.807, 2.05) is 62.4 Å². The van der Waals surface area contributed by atoms with Gasteiger partial charge in [-0.05, 0) is 42.7 Å². The molecule has 0 radical (unpaired) electrons. The van der Waals surface area contributed by atoms with E-state index in [-0.39, 0.29) is 18.7 Å². The largest absolute Gasteiger partial charge is 0.459 e. The molecule has 2 aromatic heterocycles. The fourth-order valence-corrected chi connectivity index (χ4v) is 3.13. The quantitative estimate of drug-likeness (QED) is 0.487. The molecule has 8 nitrogen and oxygen atoms in total. The summed E-state index contributed by atoms with van der Waals surface area (Å²) in [5, 5.41) is 8.06. The topological polar surface area (TPSA) is 91.9 Å². The van der Waals surface area contributed by atoms with Crippen LogP contribution >= 0.6 is 0 Å². The number of aryl methyl sites for hydroxylation is 2. The first kappa shape index (κ1) is 18.5. The highest BCUT2D eigenvalue weighted by Gasteiger charge is 2.15. The first-order chi connectivity index (χ1) is 14.0. The van der Waals surface area contributed by atoms with E-state index >= 15 is 0 Å². The van der Waals surface area contributed by atoms with Crippen LogP contribution < -0.4 is 5.56 Å². The second kappa shape index (κ2) is 7.67. The number of benzene rings is 2. The molecule has 0 saturated heterocycles. The van der Waals surface area contributed by atoms with Crippen LogP contribution in [0.1, 0.15) is 16.7 Å². The Bertz CT molecular complexity index is 1220. The number of hydrogen-bond donors (Lipinski definition) is 0. The van der Waals surface area contributed by atoms with E-state index in [1.54, 1.807) is 0 Å². The fourth-order valence-electron chi connectivity index (χ4n) is 3.13. The van der Waals surface area contributed by atoms with E-state index < -0.39 is 11.5 Å². The normalized spacial score (nSPS) is 11.0. The highest BCUT2D eigenvalue weighted by atomic mass is 16.5.